The first kappa shape index (κ1) is 10.8. The third-order valence-electron chi connectivity index (χ3n) is 1.57. The van der Waals surface area contributed by atoms with E-state index in [-0.39, 0.29) is 12.2 Å². The predicted molar refractivity (Wildman–Crippen MR) is 52.7 cm³/mol. The molecule has 0 spiro atoms. The number of nitrogens with zero attached hydrogens (tertiary/aromatic N) is 1. The maximum absolute atomic E-state index is 11.2. The minimum Gasteiger partial charge on any atom is -0.298 e. The van der Waals surface area contributed by atoms with Crippen molar-refractivity contribution in [3.05, 3.63) is 30.1 Å². The fourth-order valence-electron chi connectivity index (χ4n) is 1.07. The van der Waals surface area contributed by atoms with E-state index in [1.165, 1.54) is 0 Å². The van der Waals surface area contributed by atoms with Crippen LogP contribution in [0.1, 0.15) is 5.56 Å². The molecule has 5 heteroatoms. The molecule has 76 valence electrons. The van der Waals surface area contributed by atoms with Crippen molar-refractivity contribution in [1.29, 1.82) is 0 Å². The van der Waals surface area contributed by atoms with Gasteiger partial charge in [-0.3, -0.25) is 9.78 Å². The summed E-state index contributed by atoms with van der Waals surface area (Å²) in [4.78, 5) is 15.0. The number of pyridine rings is 1. The van der Waals surface area contributed by atoms with Crippen LogP contribution >= 0.6 is 0 Å². The van der Waals surface area contributed by atoms with Gasteiger partial charge in [0.05, 0.1) is 0 Å². The fraction of sp³-hybridized carbons (Fsp3) is 0.333. The van der Waals surface area contributed by atoms with E-state index in [4.69, 9.17) is 0 Å². The maximum atomic E-state index is 11.2. The first-order chi connectivity index (χ1) is 6.47. The molecule has 0 radical (unpaired) electrons. The SMILES string of the molecule is CS(=O)(=O)CC(=O)Cc1ccncc1. The molecule has 0 N–H and O–H groups in total. The second kappa shape index (κ2) is 4.32. The summed E-state index contributed by atoms with van der Waals surface area (Å²) in [5, 5.41) is 0. The van der Waals surface area contributed by atoms with Crippen molar-refractivity contribution in [2.45, 2.75) is 6.42 Å². The Morgan fingerprint density at radius 2 is 1.93 bits per heavy atom. The molecule has 0 fully saturated rings. The molecule has 0 aliphatic heterocycles. The molecule has 0 saturated carbocycles. The normalized spacial score (nSPS) is 11.2. The van der Waals surface area contributed by atoms with Crippen LogP contribution in [0.3, 0.4) is 0 Å². The van der Waals surface area contributed by atoms with Gasteiger partial charge >= 0.3 is 0 Å². The number of sulfone groups is 1. The van der Waals surface area contributed by atoms with Gasteiger partial charge in [0.2, 0.25) is 0 Å². The number of rotatable bonds is 4. The largest absolute Gasteiger partial charge is 0.298 e. The van der Waals surface area contributed by atoms with E-state index in [9.17, 15) is 13.2 Å². The average molecular weight is 213 g/mol. The summed E-state index contributed by atoms with van der Waals surface area (Å²) in [5.74, 6) is -0.686. The fourth-order valence-corrected chi connectivity index (χ4v) is 1.76. The minimum atomic E-state index is -3.21. The highest BCUT2D eigenvalue weighted by atomic mass is 32.2. The minimum absolute atomic E-state index is 0.148. The zero-order valence-electron chi connectivity index (χ0n) is 7.80. The number of carbonyl (C=O) groups excluding carboxylic acids is 1. The molecule has 0 bridgehead atoms. The third-order valence-corrected chi connectivity index (χ3v) is 2.42. The van der Waals surface area contributed by atoms with E-state index in [0.29, 0.717) is 0 Å². The number of hydrogen-bond donors (Lipinski definition) is 0. The summed E-state index contributed by atoms with van der Waals surface area (Å²) < 4.78 is 21.6. The summed E-state index contributed by atoms with van der Waals surface area (Å²) in [5.41, 5.74) is 0.786. The predicted octanol–water partition coefficient (Wildman–Crippen LogP) is 0.238. The summed E-state index contributed by atoms with van der Waals surface area (Å²) in [6.07, 6.45) is 4.35. The Kier molecular flexibility index (Phi) is 3.35. The zero-order valence-corrected chi connectivity index (χ0v) is 8.62. The van der Waals surface area contributed by atoms with Gasteiger partial charge in [-0.1, -0.05) is 0 Å². The summed E-state index contributed by atoms with van der Waals surface area (Å²) in [6, 6.07) is 3.39. The van der Waals surface area contributed by atoms with Crippen molar-refractivity contribution in [3.8, 4) is 0 Å². The molecule has 0 amide bonds. The summed E-state index contributed by atoms with van der Waals surface area (Å²) in [6.45, 7) is 0. The van der Waals surface area contributed by atoms with E-state index in [2.05, 4.69) is 4.98 Å². The Morgan fingerprint density at radius 3 is 2.43 bits per heavy atom. The van der Waals surface area contributed by atoms with Crippen LogP contribution in [0.25, 0.3) is 0 Å². The van der Waals surface area contributed by atoms with Crippen molar-refractivity contribution in [2.24, 2.45) is 0 Å². The topological polar surface area (TPSA) is 64.1 Å². The van der Waals surface area contributed by atoms with Gasteiger partial charge in [-0.25, -0.2) is 8.42 Å². The van der Waals surface area contributed by atoms with Gasteiger partial charge in [-0.2, -0.15) is 0 Å². The highest BCUT2D eigenvalue weighted by Crippen LogP contribution is 1.99. The van der Waals surface area contributed by atoms with Crippen molar-refractivity contribution < 1.29 is 13.2 Å². The van der Waals surface area contributed by atoms with Gasteiger partial charge in [-0.05, 0) is 17.7 Å². The van der Waals surface area contributed by atoms with E-state index >= 15 is 0 Å². The molecule has 0 aliphatic carbocycles. The lowest BCUT2D eigenvalue weighted by Gasteiger charge is -1.98. The smallest absolute Gasteiger partial charge is 0.154 e. The number of ketones is 1. The molecule has 1 rings (SSSR count). The molecule has 1 heterocycles. The molecule has 0 aromatic carbocycles. The molecule has 0 saturated heterocycles. The first-order valence-corrected chi connectivity index (χ1v) is 6.12. The molecule has 4 nitrogen and oxygen atoms in total. The van der Waals surface area contributed by atoms with Crippen LogP contribution in [-0.2, 0) is 21.1 Å². The van der Waals surface area contributed by atoms with Gasteiger partial charge in [0, 0.05) is 25.1 Å². The standard InChI is InChI=1S/C9H11NO3S/c1-14(12,13)7-9(11)6-8-2-4-10-5-3-8/h2-5H,6-7H2,1H3. The second-order valence-corrected chi connectivity index (χ2v) is 5.28. The van der Waals surface area contributed by atoms with Gasteiger partial charge in [-0.15, -0.1) is 0 Å². The van der Waals surface area contributed by atoms with E-state index in [0.717, 1.165) is 11.8 Å². The van der Waals surface area contributed by atoms with Gasteiger partial charge in [0.15, 0.2) is 15.6 Å². The Labute approximate surface area is 82.9 Å². The molecule has 0 aliphatic rings. The molecule has 14 heavy (non-hydrogen) atoms. The third kappa shape index (κ3) is 4.13. The lowest BCUT2D eigenvalue weighted by atomic mass is 10.1. The van der Waals surface area contributed by atoms with E-state index < -0.39 is 15.6 Å². The van der Waals surface area contributed by atoms with Gasteiger partial charge in [0.1, 0.15) is 5.75 Å². The van der Waals surface area contributed by atoms with E-state index in [1.807, 2.05) is 0 Å². The maximum Gasteiger partial charge on any atom is 0.154 e. The van der Waals surface area contributed by atoms with Crippen LogP contribution in [-0.4, -0.2) is 31.2 Å². The average Bonchev–Trinajstić information content (AvgIpc) is 2.02. The Bertz CT molecular complexity index is 411. The first-order valence-electron chi connectivity index (χ1n) is 4.06. The number of Topliss-reactive ketones (excluding diaryl/α,β-unsaturated/α-hetero) is 1. The molecule has 0 atom stereocenters. The van der Waals surface area contributed by atoms with E-state index in [1.54, 1.807) is 24.5 Å². The van der Waals surface area contributed by atoms with Crippen LogP contribution in [0.2, 0.25) is 0 Å². The number of hydrogen-bond acceptors (Lipinski definition) is 4. The Balaban J connectivity index is 2.59. The summed E-state index contributed by atoms with van der Waals surface area (Å²) in [7, 11) is -3.21. The van der Waals surface area contributed by atoms with Crippen LogP contribution in [0, 0.1) is 0 Å². The van der Waals surface area contributed by atoms with Crippen molar-refractivity contribution in [2.75, 3.05) is 12.0 Å². The lowest BCUT2D eigenvalue weighted by molar-refractivity contribution is -0.116. The van der Waals surface area contributed by atoms with Gasteiger partial charge in [0.25, 0.3) is 0 Å². The highest BCUT2D eigenvalue weighted by molar-refractivity contribution is 7.91. The molecular weight excluding hydrogens is 202 g/mol. The van der Waals surface area contributed by atoms with Crippen molar-refractivity contribution in [3.63, 3.8) is 0 Å². The molecule has 0 unspecified atom stereocenters. The number of carbonyl (C=O) groups is 1. The monoisotopic (exact) mass is 213 g/mol. The van der Waals surface area contributed by atoms with Crippen molar-refractivity contribution >= 4 is 15.6 Å². The van der Waals surface area contributed by atoms with Gasteiger partial charge < -0.3 is 0 Å². The van der Waals surface area contributed by atoms with Crippen LogP contribution in [0.15, 0.2) is 24.5 Å². The Hall–Kier alpha value is -1.23. The van der Waals surface area contributed by atoms with Crippen LogP contribution in [0.4, 0.5) is 0 Å². The Morgan fingerprint density at radius 1 is 1.36 bits per heavy atom. The van der Waals surface area contributed by atoms with Crippen LogP contribution in [0.5, 0.6) is 0 Å². The zero-order chi connectivity index (χ0) is 10.6. The second-order valence-electron chi connectivity index (χ2n) is 3.14. The van der Waals surface area contributed by atoms with Crippen molar-refractivity contribution in [1.82, 2.24) is 4.98 Å². The highest BCUT2D eigenvalue weighted by Gasteiger charge is 2.10. The number of aromatic nitrogens is 1. The quantitative estimate of drug-likeness (QED) is 0.718. The molecule has 1 aromatic heterocycles. The van der Waals surface area contributed by atoms with Crippen LogP contribution < -0.4 is 0 Å². The molecule has 1 aromatic rings. The lowest BCUT2D eigenvalue weighted by Crippen LogP contribution is -2.16. The summed E-state index contributed by atoms with van der Waals surface area (Å²) >= 11 is 0. The molecular formula is C9H11NO3S.